The van der Waals surface area contributed by atoms with E-state index in [1.807, 2.05) is 31.2 Å². The molecule has 0 saturated carbocycles. The highest BCUT2D eigenvalue weighted by molar-refractivity contribution is 6.16. The maximum atomic E-state index is 12.7. The Morgan fingerprint density at radius 1 is 1.26 bits per heavy atom. The summed E-state index contributed by atoms with van der Waals surface area (Å²) in [6.45, 7) is 4.52. The Hall–Kier alpha value is -2.40. The van der Waals surface area contributed by atoms with Gasteiger partial charge in [0.1, 0.15) is 0 Å². The number of carbonyl (C=O) groups is 2. The third-order valence-electron chi connectivity index (χ3n) is 3.77. The van der Waals surface area contributed by atoms with E-state index in [1.54, 1.807) is 25.0 Å². The first kappa shape index (κ1) is 17.0. The van der Waals surface area contributed by atoms with Gasteiger partial charge in [0.25, 0.3) is 5.91 Å². The van der Waals surface area contributed by atoms with Crippen LogP contribution in [0.5, 0.6) is 0 Å². The van der Waals surface area contributed by atoms with Crippen molar-refractivity contribution in [2.75, 3.05) is 27.4 Å². The van der Waals surface area contributed by atoms with Gasteiger partial charge in [0.05, 0.1) is 24.9 Å². The van der Waals surface area contributed by atoms with Gasteiger partial charge >= 0.3 is 5.97 Å². The molecule has 1 aromatic carbocycles. The molecule has 5 nitrogen and oxygen atoms in total. The van der Waals surface area contributed by atoms with Crippen molar-refractivity contribution in [3.8, 4) is 0 Å². The number of benzene rings is 1. The molecule has 0 aliphatic carbocycles. The van der Waals surface area contributed by atoms with Crippen LogP contribution in [-0.4, -0.2) is 44.1 Å². The van der Waals surface area contributed by atoms with Gasteiger partial charge < -0.3 is 14.4 Å². The summed E-state index contributed by atoms with van der Waals surface area (Å²) in [5, 5.41) is 0. The second kappa shape index (κ2) is 7.24. The standard InChI is InChI=1S/C18H21NO4/c1-12-6-5-7-14(10-12)11-15-16(18(21)23-4)13(2)19(17(15)20)8-9-22-3/h5-7,10-11H,8-9H2,1-4H3/b15-11-. The summed E-state index contributed by atoms with van der Waals surface area (Å²) < 4.78 is 9.89. The molecule has 0 fully saturated rings. The van der Waals surface area contributed by atoms with E-state index in [9.17, 15) is 9.59 Å². The van der Waals surface area contributed by atoms with Gasteiger partial charge in [-0.1, -0.05) is 29.8 Å². The SMILES string of the molecule is COCCN1C(=O)/C(=C\c2cccc(C)c2)C(C(=O)OC)=C1C. The molecule has 0 N–H and O–H groups in total. The van der Waals surface area contributed by atoms with Gasteiger partial charge in [-0.15, -0.1) is 0 Å². The van der Waals surface area contributed by atoms with Crippen molar-refractivity contribution in [1.29, 1.82) is 0 Å². The lowest BCUT2D eigenvalue weighted by Gasteiger charge is -2.16. The molecule has 23 heavy (non-hydrogen) atoms. The summed E-state index contributed by atoms with van der Waals surface area (Å²) in [6.07, 6.45) is 1.73. The molecule has 0 unspecified atom stereocenters. The minimum atomic E-state index is -0.505. The highest BCUT2D eigenvalue weighted by Crippen LogP contribution is 2.31. The molecule has 1 aliphatic rings. The van der Waals surface area contributed by atoms with E-state index in [0.717, 1.165) is 11.1 Å². The third-order valence-corrected chi connectivity index (χ3v) is 3.77. The third kappa shape index (κ3) is 3.51. The van der Waals surface area contributed by atoms with Crippen molar-refractivity contribution in [3.05, 3.63) is 52.2 Å². The predicted octanol–water partition coefficient (Wildman–Crippen LogP) is 2.31. The van der Waals surface area contributed by atoms with Crippen LogP contribution < -0.4 is 0 Å². The maximum absolute atomic E-state index is 12.7. The molecule has 122 valence electrons. The first-order valence-electron chi connectivity index (χ1n) is 7.38. The van der Waals surface area contributed by atoms with Crippen LogP contribution >= 0.6 is 0 Å². The molecular formula is C18H21NO4. The molecule has 0 saturated heterocycles. The molecule has 0 atom stereocenters. The summed E-state index contributed by atoms with van der Waals surface area (Å²) in [4.78, 5) is 26.4. The Kier molecular flexibility index (Phi) is 5.34. The normalized spacial score (nSPS) is 16.4. The van der Waals surface area contributed by atoms with Gasteiger partial charge in [-0.3, -0.25) is 4.79 Å². The molecule has 0 radical (unpaired) electrons. The largest absolute Gasteiger partial charge is 0.465 e. The van der Waals surface area contributed by atoms with Crippen LogP contribution in [-0.2, 0) is 19.1 Å². The molecule has 2 rings (SSSR count). The number of methoxy groups -OCH3 is 2. The van der Waals surface area contributed by atoms with E-state index in [-0.39, 0.29) is 5.91 Å². The van der Waals surface area contributed by atoms with Crippen LogP contribution in [0.2, 0.25) is 0 Å². The lowest BCUT2D eigenvalue weighted by Crippen LogP contribution is -2.28. The molecule has 1 aliphatic heterocycles. The molecule has 1 aromatic rings. The number of nitrogens with zero attached hydrogens (tertiary/aromatic N) is 1. The Balaban J connectivity index is 2.47. The molecule has 0 bridgehead atoms. The van der Waals surface area contributed by atoms with Crippen molar-refractivity contribution < 1.29 is 19.1 Å². The molecule has 0 aromatic heterocycles. The van der Waals surface area contributed by atoms with Crippen molar-refractivity contribution in [1.82, 2.24) is 4.90 Å². The van der Waals surface area contributed by atoms with Crippen molar-refractivity contribution >= 4 is 18.0 Å². The summed E-state index contributed by atoms with van der Waals surface area (Å²) in [5.74, 6) is -0.712. The second-order valence-corrected chi connectivity index (χ2v) is 5.37. The van der Waals surface area contributed by atoms with Gasteiger partial charge in [0.15, 0.2) is 0 Å². The quantitative estimate of drug-likeness (QED) is 0.618. The zero-order valence-electron chi connectivity index (χ0n) is 13.9. The van der Waals surface area contributed by atoms with E-state index in [1.165, 1.54) is 7.11 Å². The summed E-state index contributed by atoms with van der Waals surface area (Å²) in [5.41, 5.74) is 3.22. The lowest BCUT2D eigenvalue weighted by molar-refractivity contribution is -0.136. The molecule has 0 spiro atoms. The first-order valence-corrected chi connectivity index (χ1v) is 7.38. The van der Waals surface area contributed by atoms with Crippen molar-refractivity contribution in [2.24, 2.45) is 0 Å². The second-order valence-electron chi connectivity index (χ2n) is 5.37. The minimum absolute atomic E-state index is 0.207. The van der Waals surface area contributed by atoms with E-state index in [2.05, 4.69) is 0 Å². The zero-order valence-corrected chi connectivity index (χ0v) is 13.9. The smallest absolute Gasteiger partial charge is 0.340 e. The Morgan fingerprint density at radius 2 is 2.00 bits per heavy atom. The Labute approximate surface area is 136 Å². The van der Waals surface area contributed by atoms with Crippen molar-refractivity contribution in [3.63, 3.8) is 0 Å². The number of hydrogen-bond donors (Lipinski definition) is 0. The fourth-order valence-corrected chi connectivity index (χ4v) is 2.61. The van der Waals surface area contributed by atoms with Crippen LogP contribution in [0, 0.1) is 6.92 Å². The van der Waals surface area contributed by atoms with Crippen LogP contribution in [0.4, 0.5) is 0 Å². The van der Waals surface area contributed by atoms with Gasteiger partial charge in [-0.25, -0.2) is 4.79 Å². The van der Waals surface area contributed by atoms with Gasteiger partial charge in [-0.2, -0.15) is 0 Å². The summed E-state index contributed by atoms with van der Waals surface area (Å²) in [6, 6.07) is 7.75. The summed E-state index contributed by atoms with van der Waals surface area (Å²) >= 11 is 0. The molecular weight excluding hydrogens is 294 g/mol. The first-order chi connectivity index (χ1) is 11.0. The van der Waals surface area contributed by atoms with E-state index in [4.69, 9.17) is 9.47 Å². The average Bonchev–Trinajstić information content (AvgIpc) is 2.76. The van der Waals surface area contributed by atoms with Crippen LogP contribution in [0.1, 0.15) is 18.1 Å². The molecule has 5 heteroatoms. The van der Waals surface area contributed by atoms with Gasteiger partial charge in [0.2, 0.25) is 0 Å². The van der Waals surface area contributed by atoms with Crippen LogP contribution in [0.15, 0.2) is 41.1 Å². The lowest BCUT2D eigenvalue weighted by atomic mass is 10.0. The maximum Gasteiger partial charge on any atom is 0.340 e. The molecule has 1 amide bonds. The number of allylic oxidation sites excluding steroid dienone is 1. The van der Waals surface area contributed by atoms with E-state index in [0.29, 0.717) is 30.0 Å². The van der Waals surface area contributed by atoms with Crippen LogP contribution in [0.3, 0.4) is 0 Å². The number of amides is 1. The number of hydrogen-bond acceptors (Lipinski definition) is 4. The van der Waals surface area contributed by atoms with E-state index >= 15 is 0 Å². The Morgan fingerprint density at radius 3 is 2.61 bits per heavy atom. The predicted molar refractivity (Wildman–Crippen MR) is 87.5 cm³/mol. The highest BCUT2D eigenvalue weighted by atomic mass is 16.5. The number of carbonyl (C=O) groups excluding carboxylic acids is 2. The topological polar surface area (TPSA) is 55.8 Å². The van der Waals surface area contributed by atoms with Crippen LogP contribution in [0.25, 0.3) is 6.08 Å². The monoisotopic (exact) mass is 315 g/mol. The Bertz CT molecular complexity index is 688. The van der Waals surface area contributed by atoms with Crippen molar-refractivity contribution in [2.45, 2.75) is 13.8 Å². The van der Waals surface area contributed by atoms with E-state index < -0.39 is 5.97 Å². The number of rotatable bonds is 5. The number of aryl methyl sites for hydroxylation is 1. The highest BCUT2D eigenvalue weighted by Gasteiger charge is 2.36. The fraction of sp³-hybridized carbons (Fsp3) is 0.333. The molecule has 1 heterocycles. The average molecular weight is 315 g/mol. The minimum Gasteiger partial charge on any atom is -0.465 e. The zero-order chi connectivity index (χ0) is 17.0. The van der Waals surface area contributed by atoms with Gasteiger partial charge in [0, 0.05) is 19.4 Å². The van der Waals surface area contributed by atoms with Gasteiger partial charge in [-0.05, 0) is 25.5 Å². The number of esters is 1. The number of ether oxygens (including phenoxy) is 2. The fourth-order valence-electron chi connectivity index (χ4n) is 2.61. The summed E-state index contributed by atoms with van der Waals surface area (Å²) in [7, 11) is 2.89.